The highest BCUT2D eigenvalue weighted by Crippen LogP contribution is 2.09. The van der Waals surface area contributed by atoms with E-state index in [1.54, 1.807) is 6.07 Å². The predicted octanol–water partition coefficient (Wildman–Crippen LogP) is 2.11. The van der Waals surface area contributed by atoms with Crippen LogP contribution < -0.4 is 5.32 Å². The fourth-order valence-corrected chi connectivity index (χ4v) is 1.61. The van der Waals surface area contributed by atoms with Crippen LogP contribution in [0.4, 0.5) is 8.78 Å². The van der Waals surface area contributed by atoms with Crippen LogP contribution in [0.15, 0.2) is 18.2 Å². The Kier molecular flexibility index (Phi) is 5.51. The quantitative estimate of drug-likeness (QED) is 0.802. The SMILES string of the molecule is CC(C)C(CO)NCCc1ccc(F)c(F)c1. The lowest BCUT2D eigenvalue weighted by atomic mass is 10.0. The highest BCUT2D eigenvalue weighted by Gasteiger charge is 2.10. The van der Waals surface area contributed by atoms with E-state index in [0.29, 0.717) is 18.9 Å². The Morgan fingerprint density at radius 1 is 1.24 bits per heavy atom. The molecule has 0 aliphatic heterocycles. The van der Waals surface area contributed by atoms with Crippen molar-refractivity contribution >= 4 is 0 Å². The summed E-state index contributed by atoms with van der Waals surface area (Å²) >= 11 is 0. The molecule has 1 aromatic carbocycles. The number of benzene rings is 1. The number of aliphatic hydroxyl groups excluding tert-OH is 1. The molecule has 1 rings (SSSR count). The number of rotatable bonds is 6. The summed E-state index contributed by atoms with van der Waals surface area (Å²) in [5.74, 6) is -1.30. The van der Waals surface area contributed by atoms with Gasteiger partial charge >= 0.3 is 0 Å². The first-order valence-electron chi connectivity index (χ1n) is 5.82. The molecule has 0 heterocycles. The van der Waals surface area contributed by atoms with Crippen LogP contribution in [0.5, 0.6) is 0 Å². The maximum absolute atomic E-state index is 12.9. The maximum atomic E-state index is 12.9. The van der Waals surface area contributed by atoms with E-state index in [-0.39, 0.29) is 12.6 Å². The maximum Gasteiger partial charge on any atom is 0.159 e. The Bertz CT molecular complexity index is 355. The van der Waals surface area contributed by atoms with Crippen LogP contribution in [-0.4, -0.2) is 24.3 Å². The average molecular weight is 243 g/mol. The molecule has 4 heteroatoms. The predicted molar refractivity (Wildman–Crippen MR) is 63.8 cm³/mol. The molecular formula is C13H19F2NO. The number of aliphatic hydroxyl groups is 1. The molecule has 96 valence electrons. The highest BCUT2D eigenvalue weighted by atomic mass is 19.2. The van der Waals surface area contributed by atoms with Crippen LogP contribution in [-0.2, 0) is 6.42 Å². The van der Waals surface area contributed by atoms with E-state index in [2.05, 4.69) is 5.32 Å². The first-order valence-corrected chi connectivity index (χ1v) is 5.82. The van der Waals surface area contributed by atoms with Crippen LogP contribution in [0.1, 0.15) is 19.4 Å². The van der Waals surface area contributed by atoms with E-state index in [4.69, 9.17) is 5.11 Å². The number of halogens is 2. The molecule has 1 aromatic rings. The van der Waals surface area contributed by atoms with Gasteiger partial charge in [0.25, 0.3) is 0 Å². The van der Waals surface area contributed by atoms with Crippen molar-refractivity contribution in [1.82, 2.24) is 5.32 Å². The van der Waals surface area contributed by atoms with Gasteiger partial charge in [0.05, 0.1) is 6.61 Å². The van der Waals surface area contributed by atoms with Gasteiger partial charge in [-0.2, -0.15) is 0 Å². The molecule has 0 aliphatic carbocycles. The Morgan fingerprint density at radius 2 is 1.94 bits per heavy atom. The summed E-state index contributed by atoms with van der Waals surface area (Å²) in [5, 5.41) is 12.3. The van der Waals surface area contributed by atoms with Crippen molar-refractivity contribution in [2.75, 3.05) is 13.2 Å². The number of hydrogen-bond donors (Lipinski definition) is 2. The zero-order chi connectivity index (χ0) is 12.8. The van der Waals surface area contributed by atoms with Gasteiger partial charge in [-0.15, -0.1) is 0 Å². The summed E-state index contributed by atoms with van der Waals surface area (Å²) in [6, 6.07) is 3.96. The summed E-state index contributed by atoms with van der Waals surface area (Å²) in [6.45, 7) is 4.75. The van der Waals surface area contributed by atoms with Crippen molar-refractivity contribution in [3.8, 4) is 0 Å². The minimum atomic E-state index is -0.822. The van der Waals surface area contributed by atoms with Gasteiger partial charge in [-0.1, -0.05) is 19.9 Å². The average Bonchev–Trinajstić information content (AvgIpc) is 2.28. The minimum absolute atomic E-state index is 0.0419. The van der Waals surface area contributed by atoms with Crippen LogP contribution in [0, 0.1) is 17.6 Å². The zero-order valence-corrected chi connectivity index (χ0v) is 10.2. The van der Waals surface area contributed by atoms with Crippen molar-refractivity contribution in [2.24, 2.45) is 5.92 Å². The fourth-order valence-electron chi connectivity index (χ4n) is 1.61. The van der Waals surface area contributed by atoms with Gasteiger partial charge in [-0.25, -0.2) is 8.78 Å². The molecule has 0 aliphatic rings. The lowest BCUT2D eigenvalue weighted by Gasteiger charge is -2.19. The molecule has 1 atom stereocenters. The van der Waals surface area contributed by atoms with E-state index < -0.39 is 11.6 Å². The normalized spacial score (nSPS) is 13.1. The molecule has 0 bridgehead atoms. The molecule has 1 unspecified atom stereocenters. The lowest BCUT2D eigenvalue weighted by Crippen LogP contribution is -2.38. The van der Waals surface area contributed by atoms with Gasteiger partial charge in [0.15, 0.2) is 11.6 Å². The molecule has 0 saturated carbocycles. The Labute approximate surface area is 101 Å². The van der Waals surface area contributed by atoms with E-state index in [0.717, 1.165) is 11.6 Å². The fraction of sp³-hybridized carbons (Fsp3) is 0.538. The summed E-state index contributed by atoms with van der Waals surface area (Å²) in [5.41, 5.74) is 0.747. The van der Waals surface area contributed by atoms with Gasteiger partial charge in [0, 0.05) is 6.04 Å². The third-order valence-corrected chi connectivity index (χ3v) is 2.81. The van der Waals surface area contributed by atoms with Crippen molar-refractivity contribution in [1.29, 1.82) is 0 Å². The summed E-state index contributed by atoms with van der Waals surface area (Å²) in [6.07, 6.45) is 0.612. The Morgan fingerprint density at radius 3 is 2.47 bits per heavy atom. The molecule has 2 N–H and O–H groups in total. The third-order valence-electron chi connectivity index (χ3n) is 2.81. The topological polar surface area (TPSA) is 32.3 Å². The van der Waals surface area contributed by atoms with Gasteiger partial charge in [-0.05, 0) is 36.6 Å². The molecule has 0 saturated heterocycles. The smallest absolute Gasteiger partial charge is 0.159 e. The van der Waals surface area contributed by atoms with Crippen molar-refractivity contribution in [3.05, 3.63) is 35.4 Å². The van der Waals surface area contributed by atoms with E-state index in [9.17, 15) is 8.78 Å². The van der Waals surface area contributed by atoms with Crippen LogP contribution in [0.25, 0.3) is 0 Å². The van der Waals surface area contributed by atoms with E-state index in [1.807, 2.05) is 13.8 Å². The molecule has 0 aromatic heterocycles. The first kappa shape index (κ1) is 14.1. The Hall–Kier alpha value is -1.00. The number of nitrogens with one attached hydrogen (secondary N) is 1. The van der Waals surface area contributed by atoms with Crippen LogP contribution in [0.2, 0.25) is 0 Å². The standard InChI is InChI=1S/C13H19F2NO/c1-9(2)13(8-17)16-6-5-10-3-4-11(14)12(15)7-10/h3-4,7,9,13,16-17H,5-6,8H2,1-2H3. The van der Waals surface area contributed by atoms with Gasteiger partial charge < -0.3 is 10.4 Å². The second-order valence-electron chi connectivity index (χ2n) is 4.49. The monoisotopic (exact) mass is 243 g/mol. The van der Waals surface area contributed by atoms with Crippen molar-refractivity contribution < 1.29 is 13.9 Å². The van der Waals surface area contributed by atoms with Gasteiger partial charge in [0.1, 0.15) is 0 Å². The molecule has 0 radical (unpaired) electrons. The molecular weight excluding hydrogens is 224 g/mol. The van der Waals surface area contributed by atoms with Crippen LogP contribution in [0.3, 0.4) is 0 Å². The lowest BCUT2D eigenvalue weighted by molar-refractivity contribution is 0.212. The number of hydrogen-bond acceptors (Lipinski definition) is 2. The van der Waals surface area contributed by atoms with Gasteiger partial charge in [0.2, 0.25) is 0 Å². The Balaban J connectivity index is 2.42. The van der Waals surface area contributed by atoms with Crippen LogP contribution >= 0.6 is 0 Å². The first-order chi connectivity index (χ1) is 8.04. The summed E-state index contributed by atoms with van der Waals surface area (Å²) in [4.78, 5) is 0. The third kappa shape index (κ3) is 4.40. The summed E-state index contributed by atoms with van der Waals surface area (Å²) < 4.78 is 25.6. The molecule has 0 amide bonds. The highest BCUT2D eigenvalue weighted by molar-refractivity contribution is 5.18. The summed E-state index contributed by atoms with van der Waals surface area (Å²) in [7, 11) is 0. The molecule has 0 spiro atoms. The van der Waals surface area contributed by atoms with Gasteiger partial charge in [-0.3, -0.25) is 0 Å². The zero-order valence-electron chi connectivity index (χ0n) is 10.2. The molecule has 17 heavy (non-hydrogen) atoms. The minimum Gasteiger partial charge on any atom is -0.395 e. The van der Waals surface area contributed by atoms with Crippen molar-refractivity contribution in [3.63, 3.8) is 0 Å². The molecule has 0 fully saturated rings. The largest absolute Gasteiger partial charge is 0.395 e. The second-order valence-corrected chi connectivity index (χ2v) is 4.49. The van der Waals surface area contributed by atoms with E-state index in [1.165, 1.54) is 6.07 Å². The van der Waals surface area contributed by atoms with E-state index >= 15 is 0 Å². The van der Waals surface area contributed by atoms with Crippen molar-refractivity contribution in [2.45, 2.75) is 26.3 Å². The second kappa shape index (κ2) is 6.67. The molecule has 2 nitrogen and oxygen atoms in total.